The second-order valence-electron chi connectivity index (χ2n) is 5.18. The highest BCUT2D eigenvalue weighted by atomic mass is 16.5. The van der Waals surface area contributed by atoms with E-state index in [0.717, 1.165) is 11.6 Å². The first-order chi connectivity index (χ1) is 12.0. The molecule has 25 heavy (non-hydrogen) atoms. The number of hydrogen-bond acceptors (Lipinski definition) is 5. The van der Waals surface area contributed by atoms with Crippen molar-refractivity contribution in [3.8, 4) is 5.75 Å². The molecule has 7 heteroatoms. The van der Waals surface area contributed by atoms with Gasteiger partial charge in [-0.05, 0) is 47.9 Å². The van der Waals surface area contributed by atoms with Gasteiger partial charge in [-0.25, -0.2) is 10.9 Å². The van der Waals surface area contributed by atoms with Crippen molar-refractivity contribution in [3.63, 3.8) is 0 Å². The van der Waals surface area contributed by atoms with Gasteiger partial charge in [0.15, 0.2) is 0 Å². The van der Waals surface area contributed by atoms with Crippen LogP contribution in [-0.4, -0.2) is 28.3 Å². The number of hydrogen-bond donors (Lipinski definition) is 4. The number of hydrazone groups is 1. The lowest BCUT2D eigenvalue weighted by molar-refractivity contribution is -0.124. The number of aromatic hydroxyl groups is 1. The molecule has 0 atom stereocenters. The molecule has 0 fully saturated rings. The highest BCUT2D eigenvalue weighted by Gasteiger charge is 2.04. The number of carbonyl (C=O) groups excluding carboxylic acids is 2. The smallest absolute Gasteiger partial charge is 0.271 e. The van der Waals surface area contributed by atoms with E-state index in [2.05, 4.69) is 10.5 Å². The summed E-state index contributed by atoms with van der Waals surface area (Å²) >= 11 is 0. The third kappa shape index (κ3) is 5.29. The zero-order valence-corrected chi connectivity index (χ0v) is 13.4. The fraction of sp³-hybridized carbons (Fsp3) is 0.0556. The minimum atomic E-state index is -0.666. The van der Waals surface area contributed by atoms with Gasteiger partial charge in [-0.15, -0.1) is 0 Å². The van der Waals surface area contributed by atoms with Gasteiger partial charge in [0.25, 0.3) is 11.8 Å². The average molecular weight is 339 g/mol. The molecule has 0 aliphatic heterocycles. The Morgan fingerprint density at radius 1 is 1.12 bits per heavy atom. The van der Waals surface area contributed by atoms with Gasteiger partial charge in [0, 0.05) is 11.6 Å². The molecular formula is C18H17N3O4. The average Bonchev–Trinajstić information content (AvgIpc) is 2.62. The quantitative estimate of drug-likeness (QED) is 0.289. The number of aryl methyl sites for hydroxylation is 1. The van der Waals surface area contributed by atoms with Crippen LogP contribution in [0.3, 0.4) is 0 Å². The van der Waals surface area contributed by atoms with Crippen molar-refractivity contribution in [2.24, 2.45) is 5.10 Å². The number of phenolic OH excluding ortho intramolecular Hbond substituents is 1. The Kier molecular flexibility index (Phi) is 6.02. The molecule has 2 amide bonds. The van der Waals surface area contributed by atoms with E-state index in [0.29, 0.717) is 16.7 Å². The highest BCUT2D eigenvalue weighted by Crippen LogP contribution is 2.16. The Balaban J connectivity index is 2.03. The molecule has 0 saturated heterocycles. The van der Waals surface area contributed by atoms with Crippen LogP contribution in [0.15, 0.2) is 53.6 Å². The van der Waals surface area contributed by atoms with Crippen molar-refractivity contribution in [1.29, 1.82) is 0 Å². The Bertz CT molecular complexity index is 844. The maximum absolute atomic E-state index is 12.1. The number of phenols is 1. The Hall–Kier alpha value is -3.45. The first-order valence-corrected chi connectivity index (χ1v) is 7.35. The van der Waals surface area contributed by atoms with Gasteiger partial charge in [0.1, 0.15) is 5.75 Å². The number of carbonyl (C=O) groups is 2. The van der Waals surface area contributed by atoms with Gasteiger partial charge >= 0.3 is 0 Å². The molecule has 0 radical (unpaired) electrons. The van der Waals surface area contributed by atoms with Crippen LogP contribution in [0.5, 0.6) is 5.75 Å². The first-order valence-electron chi connectivity index (χ1n) is 7.35. The molecule has 4 N–H and O–H groups in total. The topological polar surface area (TPSA) is 111 Å². The maximum atomic E-state index is 12.1. The van der Waals surface area contributed by atoms with Crippen LogP contribution >= 0.6 is 0 Å². The molecule has 0 heterocycles. The number of nitrogens with zero attached hydrogens (tertiary/aromatic N) is 1. The Morgan fingerprint density at radius 2 is 1.92 bits per heavy atom. The largest absolute Gasteiger partial charge is 0.508 e. The van der Waals surface area contributed by atoms with E-state index in [1.54, 1.807) is 49.4 Å². The first kappa shape index (κ1) is 17.9. The van der Waals surface area contributed by atoms with E-state index in [1.165, 1.54) is 17.8 Å². The molecule has 0 aliphatic rings. The van der Waals surface area contributed by atoms with Crippen LogP contribution < -0.4 is 10.9 Å². The van der Waals surface area contributed by atoms with Gasteiger partial charge < -0.3 is 5.11 Å². The third-order valence-electron chi connectivity index (χ3n) is 3.30. The molecule has 2 aromatic carbocycles. The van der Waals surface area contributed by atoms with E-state index in [9.17, 15) is 14.7 Å². The van der Waals surface area contributed by atoms with Crippen LogP contribution in [0.1, 0.15) is 27.0 Å². The van der Waals surface area contributed by atoms with Gasteiger partial charge in [-0.2, -0.15) is 5.10 Å². The molecule has 0 aliphatic carbocycles. The van der Waals surface area contributed by atoms with E-state index in [-0.39, 0.29) is 5.75 Å². The van der Waals surface area contributed by atoms with Gasteiger partial charge in [0.2, 0.25) is 0 Å². The maximum Gasteiger partial charge on any atom is 0.271 e. The minimum Gasteiger partial charge on any atom is -0.508 e. The summed E-state index contributed by atoms with van der Waals surface area (Å²) in [4.78, 5) is 23.0. The zero-order valence-electron chi connectivity index (χ0n) is 13.4. The summed E-state index contributed by atoms with van der Waals surface area (Å²) in [5.41, 5.74) is 6.24. The van der Waals surface area contributed by atoms with Crippen LogP contribution in [0, 0.1) is 6.92 Å². The minimum absolute atomic E-state index is 0.154. The normalized spacial score (nSPS) is 11.0. The predicted octanol–water partition coefficient (Wildman–Crippen LogP) is 1.98. The van der Waals surface area contributed by atoms with Gasteiger partial charge in [0.05, 0.1) is 6.21 Å². The lowest BCUT2D eigenvalue weighted by Gasteiger charge is -2.02. The van der Waals surface area contributed by atoms with Crippen LogP contribution in [0.2, 0.25) is 0 Å². The monoisotopic (exact) mass is 339 g/mol. The summed E-state index contributed by atoms with van der Waals surface area (Å²) in [6.07, 6.45) is 4.02. The molecule has 0 bridgehead atoms. The van der Waals surface area contributed by atoms with Gasteiger partial charge in [-0.3, -0.25) is 14.8 Å². The summed E-state index contributed by atoms with van der Waals surface area (Å²) in [5, 5.41) is 21.9. The van der Waals surface area contributed by atoms with Crippen molar-refractivity contribution >= 4 is 24.1 Å². The summed E-state index contributed by atoms with van der Waals surface area (Å²) in [7, 11) is 0. The molecule has 7 nitrogen and oxygen atoms in total. The second kappa shape index (κ2) is 8.42. The number of hydroxylamine groups is 1. The van der Waals surface area contributed by atoms with Crippen molar-refractivity contribution in [2.45, 2.75) is 6.92 Å². The molecule has 2 rings (SSSR count). The number of amides is 2. The van der Waals surface area contributed by atoms with Crippen molar-refractivity contribution < 1.29 is 19.9 Å². The van der Waals surface area contributed by atoms with Crippen LogP contribution in [0.25, 0.3) is 6.08 Å². The molecule has 0 unspecified atom stereocenters. The van der Waals surface area contributed by atoms with Crippen molar-refractivity contribution in [3.05, 3.63) is 70.8 Å². The molecule has 0 aromatic heterocycles. The highest BCUT2D eigenvalue weighted by molar-refractivity contribution is 5.96. The molecule has 2 aromatic rings. The summed E-state index contributed by atoms with van der Waals surface area (Å²) in [6, 6.07) is 11.6. The molecule has 0 saturated carbocycles. The fourth-order valence-electron chi connectivity index (χ4n) is 1.93. The molecule has 128 valence electrons. The van der Waals surface area contributed by atoms with E-state index < -0.39 is 11.8 Å². The van der Waals surface area contributed by atoms with E-state index in [1.807, 2.05) is 0 Å². The zero-order chi connectivity index (χ0) is 18.2. The predicted molar refractivity (Wildman–Crippen MR) is 93.3 cm³/mol. The standard InChI is InChI=1S/C18H17N3O4/c1-12-5-6-14(10-16(12)22)11-19-20-18(24)15-4-2-3-13(9-15)7-8-17(23)21-25/h2-11,22,25H,1H3,(H,20,24)(H,21,23)/b8-7+,19-11+. The Labute approximate surface area is 144 Å². The number of nitrogens with one attached hydrogen (secondary N) is 2. The molecular weight excluding hydrogens is 322 g/mol. The molecule has 0 spiro atoms. The fourth-order valence-corrected chi connectivity index (χ4v) is 1.93. The number of benzene rings is 2. The SMILES string of the molecule is Cc1ccc(/C=N/NC(=O)c2cccc(/C=C/C(=O)NO)c2)cc1O. The second-order valence-corrected chi connectivity index (χ2v) is 5.18. The summed E-state index contributed by atoms with van der Waals surface area (Å²) in [6.45, 7) is 1.78. The summed E-state index contributed by atoms with van der Waals surface area (Å²) in [5.74, 6) is -0.933. The van der Waals surface area contributed by atoms with Crippen molar-refractivity contribution in [2.75, 3.05) is 0 Å². The van der Waals surface area contributed by atoms with Crippen LogP contribution in [0.4, 0.5) is 0 Å². The summed E-state index contributed by atoms with van der Waals surface area (Å²) < 4.78 is 0. The number of rotatable bonds is 5. The third-order valence-corrected chi connectivity index (χ3v) is 3.30. The lowest BCUT2D eigenvalue weighted by Crippen LogP contribution is -2.17. The van der Waals surface area contributed by atoms with Gasteiger partial charge in [-0.1, -0.05) is 24.3 Å². The van der Waals surface area contributed by atoms with Crippen LogP contribution in [-0.2, 0) is 4.79 Å². The lowest BCUT2D eigenvalue weighted by atomic mass is 10.1. The Morgan fingerprint density at radius 3 is 2.64 bits per heavy atom. The van der Waals surface area contributed by atoms with E-state index >= 15 is 0 Å². The van der Waals surface area contributed by atoms with E-state index in [4.69, 9.17) is 5.21 Å². The van der Waals surface area contributed by atoms with Crippen molar-refractivity contribution in [1.82, 2.24) is 10.9 Å².